The van der Waals surface area contributed by atoms with Gasteiger partial charge in [0.25, 0.3) is 5.91 Å². The van der Waals surface area contributed by atoms with Gasteiger partial charge >= 0.3 is 6.18 Å². The zero-order valence-electron chi connectivity index (χ0n) is 25.3. The molecule has 44 heavy (non-hydrogen) atoms. The molecule has 1 unspecified atom stereocenters. The number of amides is 1. The zero-order valence-corrected chi connectivity index (χ0v) is 25.3. The number of piperidine rings is 1. The Morgan fingerprint density at radius 2 is 1.89 bits per heavy atom. The Morgan fingerprint density at radius 3 is 2.50 bits per heavy atom. The van der Waals surface area contributed by atoms with E-state index in [2.05, 4.69) is 18.4 Å². The second kappa shape index (κ2) is 15.8. The van der Waals surface area contributed by atoms with E-state index >= 15 is 0 Å². The van der Waals surface area contributed by atoms with E-state index in [-0.39, 0.29) is 34.4 Å². The Labute approximate surface area is 257 Å². The number of alkyl halides is 3. The van der Waals surface area contributed by atoms with Crippen LogP contribution in [0.25, 0.3) is 17.0 Å². The third-order valence-corrected chi connectivity index (χ3v) is 7.07. The fourth-order valence-electron chi connectivity index (χ4n) is 5.09. The van der Waals surface area contributed by atoms with Gasteiger partial charge in [0, 0.05) is 17.8 Å². The monoisotopic (exact) mass is 606 g/mol. The maximum Gasteiger partial charge on any atom is 0.393 e. The predicted octanol–water partition coefficient (Wildman–Crippen LogP) is 8.90. The summed E-state index contributed by atoms with van der Waals surface area (Å²) >= 11 is 0. The molecule has 4 nitrogen and oxygen atoms in total. The van der Waals surface area contributed by atoms with E-state index in [1.165, 1.54) is 12.1 Å². The van der Waals surface area contributed by atoms with Crippen LogP contribution < -0.4 is 5.73 Å². The van der Waals surface area contributed by atoms with Crippen LogP contribution in [0, 0.1) is 11.8 Å². The van der Waals surface area contributed by atoms with Crippen LogP contribution >= 0.6 is 0 Å². The first-order chi connectivity index (χ1) is 21.0. The highest BCUT2D eigenvalue weighted by Crippen LogP contribution is 2.41. The van der Waals surface area contributed by atoms with Gasteiger partial charge in [-0.2, -0.15) is 13.2 Å². The number of allylic oxidation sites excluding steroid dienone is 7. The van der Waals surface area contributed by atoms with Crippen LogP contribution in [0.4, 0.5) is 23.2 Å². The molecule has 0 aliphatic carbocycles. The number of hydrogen-bond donors (Lipinski definition) is 1. The minimum atomic E-state index is -4.53. The van der Waals surface area contributed by atoms with Crippen LogP contribution in [0.3, 0.4) is 0 Å². The van der Waals surface area contributed by atoms with Crippen molar-refractivity contribution in [3.05, 3.63) is 107 Å². The molecular weight excluding hydrogens is 568 g/mol. The summed E-state index contributed by atoms with van der Waals surface area (Å²) in [7, 11) is 0. The molecule has 1 fully saturated rings. The maximum atomic E-state index is 14.3. The van der Waals surface area contributed by atoms with Crippen molar-refractivity contribution in [2.75, 3.05) is 18.8 Å². The van der Waals surface area contributed by atoms with Crippen LogP contribution in [0.5, 0.6) is 0 Å². The highest BCUT2D eigenvalue weighted by Gasteiger charge is 2.32. The first kappa shape index (κ1) is 34.0. The topological polar surface area (TPSA) is 55.6 Å². The maximum absolute atomic E-state index is 14.3. The number of nitrogens with two attached hydrogens (primary N) is 1. The van der Waals surface area contributed by atoms with Crippen molar-refractivity contribution < 1.29 is 27.1 Å². The molecular formula is C36H38F4N2O2. The van der Waals surface area contributed by atoms with Crippen molar-refractivity contribution in [2.24, 2.45) is 0 Å². The quantitative estimate of drug-likeness (QED) is 0.0734. The molecule has 0 saturated carbocycles. The lowest BCUT2D eigenvalue weighted by Gasteiger charge is -2.32. The van der Waals surface area contributed by atoms with Crippen molar-refractivity contribution in [3.63, 3.8) is 0 Å². The van der Waals surface area contributed by atoms with Gasteiger partial charge in [0.15, 0.2) is 0 Å². The Balaban J connectivity index is 2.12. The van der Waals surface area contributed by atoms with Crippen LogP contribution in [0.15, 0.2) is 90.7 Å². The van der Waals surface area contributed by atoms with Gasteiger partial charge in [0.2, 0.25) is 0 Å². The molecule has 8 heteroatoms. The van der Waals surface area contributed by atoms with Crippen molar-refractivity contribution in [1.29, 1.82) is 0 Å². The van der Waals surface area contributed by atoms with E-state index in [1.54, 1.807) is 73.4 Å². The van der Waals surface area contributed by atoms with Crippen molar-refractivity contribution in [3.8, 4) is 11.8 Å². The molecule has 1 aliphatic heterocycles. The smallest absolute Gasteiger partial charge is 0.393 e. The van der Waals surface area contributed by atoms with Crippen molar-refractivity contribution >= 4 is 28.6 Å². The fourth-order valence-corrected chi connectivity index (χ4v) is 5.09. The molecule has 3 rings (SSSR count). The number of benzene rings is 2. The molecule has 0 radical (unpaired) electrons. The van der Waals surface area contributed by atoms with Gasteiger partial charge in [-0.1, -0.05) is 68.0 Å². The summed E-state index contributed by atoms with van der Waals surface area (Å²) in [5.74, 6) is 4.69. The first-order valence-electron chi connectivity index (χ1n) is 14.5. The second-order valence-corrected chi connectivity index (χ2v) is 10.3. The lowest BCUT2D eigenvalue weighted by atomic mass is 9.86. The lowest BCUT2D eigenvalue weighted by molar-refractivity contribution is -0.128. The number of likely N-dealkylation sites (tertiary alicyclic amines) is 1. The van der Waals surface area contributed by atoms with E-state index in [4.69, 9.17) is 10.5 Å². The Kier molecular flexibility index (Phi) is 12.2. The number of halogens is 4. The highest BCUT2D eigenvalue weighted by molar-refractivity contribution is 6.00. The Morgan fingerprint density at radius 1 is 1.16 bits per heavy atom. The average Bonchev–Trinajstić information content (AvgIpc) is 2.99. The number of carbonyl (C=O) groups excluding carboxylic acids is 1. The number of anilines is 1. The molecule has 0 aromatic heterocycles. The summed E-state index contributed by atoms with van der Waals surface area (Å²) < 4.78 is 62.9. The third-order valence-electron chi connectivity index (χ3n) is 7.07. The molecule has 2 aromatic carbocycles. The van der Waals surface area contributed by atoms with Crippen LogP contribution in [0.1, 0.15) is 63.1 Å². The standard InChI is InChI=1S/C36H38F4N2O2/c1-5-12-29(44-30-16-11-21-42(24-30)34(43)13-6-2)19-17-26(7-3)35(28-18-20-33(41)31(22-28)25(4)37)32(23-36(38,39)40)27-14-9-8-10-15-27/h7-10,12,14-15,17-20,22,30H,4-5,11,16,21,23-24,41H2,1-3H3/b19-17-,26-7+,29-12-,35-32?. The van der Waals surface area contributed by atoms with Gasteiger partial charge in [-0.25, -0.2) is 4.39 Å². The lowest BCUT2D eigenvalue weighted by Crippen LogP contribution is -2.42. The molecule has 0 bridgehead atoms. The van der Waals surface area contributed by atoms with Crippen molar-refractivity contribution in [1.82, 2.24) is 4.90 Å². The van der Waals surface area contributed by atoms with Crippen molar-refractivity contribution in [2.45, 2.75) is 58.7 Å². The number of nitrogens with zero attached hydrogens (tertiary/aromatic N) is 1. The summed E-state index contributed by atoms with van der Waals surface area (Å²) in [6.45, 7) is 9.62. The SMILES string of the molecule is C=C(F)c1cc(C(=C(CC(F)(F)F)c2ccccc2)C(/C=C\C(=C\CC)OC2CCCN(C(=O)C#CC)C2)=C/C)ccc1N. The number of hydrogen-bond acceptors (Lipinski definition) is 3. The summed E-state index contributed by atoms with van der Waals surface area (Å²) in [5, 5.41) is 0. The summed E-state index contributed by atoms with van der Waals surface area (Å²) in [6, 6.07) is 12.8. The second-order valence-electron chi connectivity index (χ2n) is 10.3. The molecule has 1 aliphatic rings. The van der Waals surface area contributed by atoms with Gasteiger partial charge in [0.1, 0.15) is 17.7 Å². The van der Waals surface area contributed by atoms with Crippen LogP contribution in [0.2, 0.25) is 0 Å². The van der Waals surface area contributed by atoms with Gasteiger partial charge in [-0.05, 0) is 91.2 Å². The molecule has 0 spiro atoms. The van der Waals surface area contributed by atoms with Gasteiger partial charge < -0.3 is 15.4 Å². The van der Waals surface area contributed by atoms with Gasteiger partial charge in [0.05, 0.1) is 13.0 Å². The minimum Gasteiger partial charge on any atom is -0.489 e. The molecule has 232 valence electrons. The van der Waals surface area contributed by atoms with E-state index in [1.807, 2.05) is 13.0 Å². The minimum absolute atomic E-state index is 0.0120. The first-order valence-corrected chi connectivity index (χ1v) is 14.5. The molecule has 1 heterocycles. The summed E-state index contributed by atoms with van der Waals surface area (Å²) in [5.41, 5.74) is 7.62. The van der Waals surface area contributed by atoms with E-state index in [9.17, 15) is 22.4 Å². The number of carbonyl (C=O) groups is 1. The van der Waals surface area contributed by atoms with E-state index in [0.29, 0.717) is 42.0 Å². The average molecular weight is 607 g/mol. The summed E-state index contributed by atoms with van der Waals surface area (Å²) in [6.07, 6.45) is 3.14. The number of ether oxygens (including phenoxy) is 1. The van der Waals surface area contributed by atoms with Gasteiger partial charge in [-0.15, -0.1) is 0 Å². The zero-order chi connectivity index (χ0) is 32.3. The predicted molar refractivity (Wildman–Crippen MR) is 170 cm³/mol. The van der Waals surface area contributed by atoms with Crippen LogP contribution in [-0.2, 0) is 9.53 Å². The number of nitrogen functional groups attached to an aromatic ring is 1. The van der Waals surface area contributed by atoms with Crippen LogP contribution in [-0.4, -0.2) is 36.2 Å². The Hall–Kier alpha value is -4.51. The molecule has 2 N–H and O–H groups in total. The largest absolute Gasteiger partial charge is 0.489 e. The molecule has 1 atom stereocenters. The fraction of sp³-hybridized carbons (Fsp3) is 0.306. The molecule has 1 amide bonds. The van der Waals surface area contributed by atoms with E-state index in [0.717, 1.165) is 12.8 Å². The third kappa shape index (κ3) is 9.50. The molecule has 2 aromatic rings. The van der Waals surface area contributed by atoms with E-state index < -0.39 is 18.4 Å². The Bertz CT molecular complexity index is 1520. The number of rotatable bonds is 10. The van der Waals surface area contributed by atoms with Gasteiger partial charge in [-0.3, -0.25) is 4.79 Å². The highest BCUT2D eigenvalue weighted by atomic mass is 19.4. The molecule has 1 saturated heterocycles. The normalized spacial score (nSPS) is 16.7. The summed E-state index contributed by atoms with van der Waals surface area (Å²) in [4.78, 5) is 14.0.